The fourth-order valence-corrected chi connectivity index (χ4v) is 2.63. The number of ether oxygens (including phenoxy) is 1. The quantitative estimate of drug-likeness (QED) is 0.842. The molecule has 4 heteroatoms. The second-order valence-electron chi connectivity index (χ2n) is 6.02. The standard InChI is InChI=1S/C18H26N2O2/c1-4-13(2)17(19-14(3)21)18-20-16(12-22-18)11-10-15-8-6-5-7-9-15/h5-9,13,16-17H,4,10-12H2,1-3H3,(H,19,21)/t13-,16-,17-/m0/s1. The first-order chi connectivity index (χ1) is 10.6. The van der Waals surface area contributed by atoms with Crippen molar-refractivity contribution >= 4 is 11.8 Å². The van der Waals surface area contributed by atoms with Crippen LogP contribution in [0.4, 0.5) is 0 Å². The lowest BCUT2D eigenvalue weighted by molar-refractivity contribution is -0.119. The summed E-state index contributed by atoms with van der Waals surface area (Å²) in [6.07, 6.45) is 2.95. The lowest BCUT2D eigenvalue weighted by atomic mass is 9.99. The first-order valence-corrected chi connectivity index (χ1v) is 8.11. The van der Waals surface area contributed by atoms with Crippen molar-refractivity contribution in [2.24, 2.45) is 10.9 Å². The highest BCUT2D eigenvalue weighted by molar-refractivity contribution is 5.88. The van der Waals surface area contributed by atoms with Crippen LogP contribution in [-0.4, -0.2) is 30.5 Å². The number of carbonyl (C=O) groups excluding carboxylic acids is 1. The predicted octanol–water partition coefficient (Wildman–Crippen LogP) is 2.97. The van der Waals surface area contributed by atoms with Crippen molar-refractivity contribution in [1.29, 1.82) is 0 Å². The van der Waals surface area contributed by atoms with E-state index in [1.807, 2.05) is 6.07 Å². The molecule has 2 rings (SSSR count). The number of nitrogens with one attached hydrogen (secondary N) is 1. The molecule has 0 radical (unpaired) electrons. The first kappa shape index (κ1) is 16.5. The smallest absolute Gasteiger partial charge is 0.217 e. The molecular weight excluding hydrogens is 276 g/mol. The molecule has 3 atom stereocenters. The van der Waals surface area contributed by atoms with Crippen LogP contribution in [0.15, 0.2) is 35.3 Å². The summed E-state index contributed by atoms with van der Waals surface area (Å²) < 4.78 is 5.78. The zero-order chi connectivity index (χ0) is 15.9. The molecule has 22 heavy (non-hydrogen) atoms. The van der Waals surface area contributed by atoms with E-state index in [1.54, 1.807) is 0 Å². The third kappa shape index (κ3) is 4.58. The third-order valence-electron chi connectivity index (χ3n) is 4.18. The van der Waals surface area contributed by atoms with Gasteiger partial charge in [-0.1, -0.05) is 50.6 Å². The van der Waals surface area contributed by atoms with Crippen molar-refractivity contribution in [2.45, 2.75) is 52.1 Å². The van der Waals surface area contributed by atoms with E-state index < -0.39 is 0 Å². The van der Waals surface area contributed by atoms with E-state index in [2.05, 4.69) is 43.4 Å². The van der Waals surface area contributed by atoms with Crippen LogP contribution in [0, 0.1) is 5.92 Å². The van der Waals surface area contributed by atoms with Gasteiger partial charge in [0.05, 0.1) is 6.04 Å². The lowest BCUT2D eigenvalue weighted by Crippen LogP contribution is -2.44. The first-order valence-electron chi connectivity index (χ1n) is 8.11. The number of aryl methyl sites for hydroxylation is 1. The molecule has 4 nitrogen and oxygen atoms in total. The molecule has 0 saturated heterocycles. The number of amides is 1. The Morgan fingerprint density at radius 3 is 2.77 bits per heavy atom. The summed E-state index contributed by atoms with van der Waals surface area (Å²) in [5.74, 6) is 0.975. The highest BCUT2D eigenvalue weighted by Gasteiger charge is 2.29. The largest absolute Gasteiger partial charge is 0.477 e. The van der Waals surface area contributed by atoms with Gasteiger partial charge in [0.1, 0.15) is 12.6 Å². The Morgan fingerprint density at radius 1 is 1.41 bits per heavy atom. The van der Waals surface area contributed by atoms with E-state index in [4.69, 9.17) is 9.73 Å². The van der Waals surface area contributed by atoms with Crippen molar-refractivity contribution in [3.8, 4) is 0 Å². The minimum Gasteiger partial charge on any atom is -0.477 e. The summed E-state index contributed by atoms with van der Waals surface area (Å²) in [5, 5.41) is 2.97. The van der Waals surface area contributed by atoms with Gasteiger partial charge in [-0.25, -0.2) is 4.99 Å². The number of rotatable bonds is 7. The van der Waals surface area contributed by atoms with Crippen LogP contribution in [0.2, 0.25) is 0 Å². The van der Waals surface area contributed by atoms with E-state index >= 15 is 0 Å². The van der Waals surface area contributed by atoms with Crippen molar-refractivity contribution in [3.05, 3.63) is 35.9 Å². The number of hydrogen-bond donors (Lipinski definition) is 1. The minimum absolute atomic E-state index is 0.0377. The summed E-state index contributed by atoms with van der Waals surface area (Å²) in [6.45, 7) is 6.39. The molecule has 0 aliphatic carbocycles. The molecule has 0 fully saturated rings. The number of hydrogen-bond acceptors (Lipinski definition) is 3. The number of benzene rings is 1. The average Bonchev–Trinajstić information content (AvgIpc) is 2.99. The highest BCUT2D eigenvalue weighted by atomic mass is 16.5. The molecule has 1 amide bonds. The van der Waals surface area contributed by atoms with Crippen LogP contribution in [0.25, 0.3) is 0 Å². The van der Waals surface area contributed by atoms with Crippen molar-refractivity contribution in [1.82, 2.24) is 5.32 Å². The van der Waals surface area contributed by atoms with E-state index in [0.29, 0.717) is 18.4 Å². The van der Waals surface area contributed by atoms with Gasteiger partial charge in [-0.3, -0.25) is 4.79 Å². The maximum absolute atomic E-state index is 11.4. The van der Waals surface area contributed by atoms with Crippen molar-refractivity contribution < 1.29 is 9.53 Å². The van der Waals surface area contributed by atoms with Gasteiger partial charge in [0.25, 0.3) is 0 Å². The molecule has 0 aromatic heterocycles. The molecular formula is C18H26N2O2. The Labute approximate surface area is 133 Å². The molecule has 0 spiro atoms. The molecule has 1 aromatic carbocycles. The normalized spacial score (nSPS) is 20.0. The average molecular weight is 302 g/mol. The van der Waals surface area contributed by atoms with Crippen molar-refractivity contribution in [2.75, 3.05) is 6.61 Å². The van der Waals surface area contributed by atoms with Crippen LogP contribution in [0.5, 0.6) is 0 Å². The minimum atomic E-state index is -0.107. The number of carbonyl (C=O) groups is 1. The monoisotopic (exact) mass is 302 g/mol. The second-order valence-corrected chi connectivity index (χ2v) is 6.02. The maximum atomic E-state index is 11.4. The zero-order valence-electron chi connectivity index (χ0n) is 13.7. The third-order valence-corrected chi connectivity index (χ3v) is 4.18. The predicted molar refractivity (Wildman–Crippen MR) is 89.0 cm³/mol. The molecule has 1 aromatic rings. The Hall–Kier alpha value is -1.84. The second kappa shape index (κ2) is 7.97. The number of nitrogens with zero attached hydrogens (tertiary/aromatic N) is 1. The molecule has 0 unspecified atom stereocenters. The number of aliphatic imine (C=N–C) groups is 1. The summed E-state index contributed by atoms with van der Waals surface area (Å²) in [7, 11) is 0. The van der Waals surface area contributed by atoms with Gasteiger partial charge in [-0.15, -0.1) is 0 Å². The molecule has 0 bridgehead atoms. The van der Waals surface area contributed by atoms with Gasteiger partial charge >= 0.3 is 0 Å². The summed E-state index contributed by atoms with van der Waals surface area (Å²) in [4.78, 5) is 16.1. The topological polar surface area (TPSA) is 50.7 Å². The Kier molecular flexibility index (Phi) is 5.99. The molecule has 120 valence electrons. The van der Waals surface area contributed by atoms with Crippen LogP contribution in [0.3, 0.4) is 0 Å². The molecule has 1 heterocycles. The summed E-state index contributed by atoms with van der Waals surface area (Å²) in [6, 6.07) is 10.5. The molecule has 1 aliphatic rings. The molecule has 1 N–H and O–H groups in total. The fourth-order valence-electron chi connectivity index (χ4n) is 2.63. The lowest BCUT2D eigenvalue weighted by Gasteiger charge is -2.22. The van der Waals surface area contributed by atoms with E-state index in [0.717, 1.165) is 19.3 Å². The van der Waals surface area contributed by atoms with Crippen LogP contribution >= 0.6 is 0 Å². The van der Waals surface area contributed by atoms with Gasteiger partial charge in [0.2, 0.25) is 11.8 Å². The van der Waals surface area contributed by atoms with Gasteiger partial charge in [-0.2, -0.15) is 0 Å². The summed E-state index contributed by atoms with van der Waals surface area (Å²) in [5.41, 5.74) is 1.33. The Bertz CT molecular complexity index is 513. The van der Waals surface area contributed by atoms with E-state index in [1.165, 1.54) is 12.5 Å². The SMILES string of the molecule is CC[C@H](C)[C@H](NC(C)=O)C1=N[C@@H](CCc2ccccc2)CO1. The Balaban J connectivity index is 1.95. The van der Waals surface area contributed by atoms with Gasteiger partial charge in [0.15, 0.2) is 0 Å². The van der Waals surface area contributed by atoms with Gasteiger partial charge in [-0.05, 0) is 24.3 Å². The molecule has 0 saturated carbocycles. The summed E-state index contributed by atoms with van der Waals surface area (Å²) >= 11 is 0. The van der Waals surface area contributed by atoms with Crippen LogP contribution < -0.4 is 5.32 Å². The fraction of sp³-hybridized carbons (Fsp3) is 0.556. The van der Waals surface area contributed by atoms with E-state index in [-0.39, 0.29) is 18.0 Å². The van der Waals surface area contributed by atoms with Gasteiger partial charge in [0, 0.05) is 6.92 Å². The van der Waals surface area contributed by atoms with Crippen LogP contribution in [-0.2, 0) is 16.0 Å². The maximum Gasteiger partial charge on any atom is 0.217 e. The zero-order valence-corrected chi connectivity index (χ0v) is 13.7. The van der Waals surface area contributed by atoms with Crippen LogP contribution in [0.1, 0.15) is 39.2 Å². The molecule has 1 aliphatic heterocycles. The Morgan fingerprint density at radius 2 is 2.14 bits per heavy atom. The van der Waals surface area contributed by atoms with E-state index in [9.17, 15) is 4.79 Å². The van der Waals surface area contributed by atoms with Gasteiger partial charge < -0.3 is 10.1 Å². The van der Waals surface area contributed by atoms with Crippen molar-refractivity contribution in [3.63, 3.8) is 0 Å². The highest BCUT2D eigenvalue weighted by Crippen LogP contribution is 2.18.